The van der Waals surface area contributed by atoms with Crippen molar-refractivity contribution in [3.05, 3.63) is 59.8 Å². The van der Waals surface area contributed by atoms with E-state index in [0.29, 0.717) is 38.4 Å². The normalized spacial score (nSPS) is 15.8. The molecule has 0 unspecified atom stereocenters. The number of hydrogen-bond acceptors (Lipinski definition) is 5. The minimum atomic E-state index is -3.34. The summed E-state index contributed by atoms with van der Waals surface area (Å²) in [6.07, 6.45) is 2.03. The molecule has 0 spiro atoms. The highest BCUT2D eigenvalue weighted by Crippen LogP contribution is 2.20. The first-order valence-electron chi connectivity index (χ1n) is 8.42. The van der Waals surface area contributed by atoms with E-state index in [1.54, 1.807) is 12.3 Å². The van der Waals surface area contributed by atoms with Crippen molar-refractivity contribution in [3.8, 4) is 0 Å². The molecule has 8 heteroatoms. The molecule has 2 aromatic rings. The van der Waals surface area contributed by atoms with Crippen LogP contribution in [0, 0.1) is 0 Å². The standard InChI is InChI=1S/C18H21N3O4S/c22-18(23)16-7-4-9-19-17(16)20-10-12-21(13-11-20)26(24,25)14-8-15-5-2-1-3-6-15/h1-7,9H,8,10-14H2,(H,22,23). The second kappa shape index (κ2) is 7.84. The highest BCUT2D eigenvalue weighted by molar-refractivity contribution is 7.89. The highest BCUT2D eigenvalue weighted by atomic mass is 32.2. The van der Waals surface area contributed by atoms with Gasteiger partial charge in [0.2, 0.25) is 10.0 Å². The number of carboxylic acids is 1. The first-order valence-corrected chi connectivity index (χ1v) is 10.0. The van der Waals surface area contributed by atoms with Gasteiger partial charge in [0.1, 0.15) is 11.4 Å². The van der Waals surface area contributed by atoms with E-state index < -0.39 is 16.0 Å². The van der Waals surface area contributed by atoms with Crippen molar-refractivity contribution < 1.29 is 18.3 Å². The van der Waals surface area contributed by atoms with Crippen molar-refractivity contribution in [1.29, 1.82) is 0 Å². The summed E-state index contributed by atoms with van der Waals surface area (Å²) in [5.41, 5.74) is 1.13. The van der Waals surface area contributed by atoms with Crippen molar-refractivity contribution in [2.75, 3.05) is 36.8 Å². The van der Waals surface area contributed by atoms with Gasteiger partial charge in [-0.3, -0.25) is 0 Å². The largest absolute Gasteiger partial charge is 0.478 e. The zero-order valence-corrected chi connectivity index (χ0v) is 15.1. The van der Waals surface area contributed by atoms with E-state index in [4.69, 9.17) is 0 Å². The smallest absolute Gasteiger partial charge is 0.339 e. The Bertz CT molecular complexity index is 863. The Kier molecular flexibility index (Phi) is 5.53. The van der Waals surface area contributed by atoms with E-state index in [9.17, 15) is 18.3 Å². The highest BCUT2D eigenvalue weighted by Gasteiger charge is 2.28. The molecule has 138 valence electrons. The molecule has 0 aliphatic carbocycles. The third-order valence-electron chi connectivity index (χ3n) is 4.44. The molecular weight excluding hydrogens is 354 g/mol. The number of rotatable bonds is 6. The number of carbonyl (C=O) groups is 1. The number of sulfonamides is 1. The number of carboxylic acid groups (broad SMARTS) is 1. The van der Waals surface area contributed by atoms with Crippen LogP contribution in [0.25, 0.3) is 0 Å². The summed E-state index contributed by atoms with van der Waals surface area (Å²) >= 11 is 0. The Morgan fingerprint density at radius 3 is 2.38 bits per heavy atom. The van der Waals surface area contributed by atoms with Crippen LogP contribution >= 0.6 is 0 Å². The van der Waals surface area contributed by atoms with Crippen LogP contribution in [0.1, 0.15) is 15.9 Å². The number of piperazine rings is 1. The first kappa shape index (κ1) is 18.3. The van der Waals surface area contributed by atoms with E-state index in [1.807, 2.05) is 35.2 Å². The van der Waals surface area contributed by atoms with E-state index in [0.717, 1.165) is 5.56 Å². The van der Waals surface area contributed by atoms with E-state index >= 15 is 0 Å². The zero-order chi connectivity index (χ0) is 18.6. The van der Waals surface area contributed by atoms with E-state index in [1.165, 1.54) is 10.4 Å². The minimum absolute atomic E-state index is 0.0704. The lowest BCUT2D eigenvalue weighted by Gasteiger charge is -2.35. The fourth-order valence-corrected chi connectivity index (χ4v) is 4.49. The lowest BCUT2D eigenvalue weighted by molar-refractivity contribution is 0.0697. The molecule has 0 bridgehead atoms. The Morgan fingerprint density at radius 1 is 1.04 bits per heavy atom. The summed E-state index contributed by atoms with van der Waals surface area (Å²) in [6.45, 7) is 1.49. The Balaban J connectivity index is 1.62. The van der Waals surface area contributed by atoms with Gasteiger partial charge in [0, 0.05) is 32.4 Å². The van der Waals surface area contributed by atoms with Crippen LogP contribution in [0.4, 0.5) is 5.82 Å². The zero-order valence-electron chi connectivity index (χ0n) is 14.3. The number of hydrogen-bond donors (Lipinski definition) is 1. The van der Waals surface area contributed by atoms with Crippen molar-refractivity contribution in [2.24, 2.45) is 0 Å². The maximum absolute atomic E-state index is 12.6. The quantitative estimate of drug-likeness (QED) is 0.822. The van der Waals surface area contributed by atoms with Crippen LogP contribution in [-0.2, 0) is 16.4 Å². The van der Waals surface area contributed by atoms with Crippen LogP contribution in [0.15, 0.2) is 48.7 Å². The molecule has 0 radical (unpaired) electrons. The molecule has 1 aromatic carbocycles. The van der Waals surface area contributed by atoms with Crippen molar-refractivity contribution >= 4 is 21.8 Å². The Morgan fingerprint density at radius 2 is 1.73 bits per heavy atom. The summed E-state index contributed by atoms with van der Waals surface area (Å²) in [6, 6.07) is 12.6. The lowest BCUT2D eigenvalue weighted by atomic mass is 10.2. The number of nitrogens with zero attached hydrogens (tertiary/aromatic N) is 3. The maximum Gasteiger partial charge on any atom is 0.339 e. The molecule has 0 saturated carbocycles. The van der Waals surface area contributed by atoms with Gasteiger partial charge in [-0.25, -0.2) is 18.2 Å². The van der Waals surface area contributed by atoms with Gasteiger partial charge in [0.15, 0.2) is 0 Å². The number of aromatic carboxylic acids is 1. The van der Waals surface area contributed by atoms with Crippen molar-refractivity contribution in [3.63, 3.8) is 0 Å². The van der Waals surface area contributed by atoms with Gasteiger partial charge in [0.05, 0.1) is 5.75 Å². The SMILES string of the molecule is O=C(O)c1cccnc1N1CCN(S(=O)(=O)CCc2ccccc2)CC1. The summed E-state index contributed by atoms with van der Waals surface area (Å²) in [7, 11) is -3.34. The van der Waals surface area contributed by atoms with E-state index in [-0.39, 0.29) is 11.3 Å². The summed E-state index contributed by atoms with van der Waals surface area (Å²) in [5, 5.41) is 9.28. The number of aromatic nitrogens is 1. The second-order valence-corrected chi connectivity index (χ2v) is 8.21. The number of benzene rings is 1. The van der Waals surface area contributed by atoms with Gasteiger partial charge in [-0.15, -0.1) is 0 Å². The summed E-state index contributed by atoms with van der Waals surface area (Å²) in [4.78, 5) is 17.3. The van der Waals surface area contributed by atoms with Crippen LogP contribution in [-0.4, -0.2) is 60.7 Å². The fourth-order valence-electron chi connectivity index (χ4n) is 3.01. The van der Waals surface area contributed by atoms with Gasteiger partial charge in [-0.1, -0.05) is 30.3 Å². The molecule has 2 heterocycles. The molecule has 7 nitrogen and oxygen atoms in total. The molecule has 0 atom stereocenters. The van der Waals surface area contributed by atoms with Gasteiger partial charge in [-0.2, -0.15) is 4.31 Å². The molecule has 1 aliphatic rings. The third kappa shape index (κ3) is 4.20. The molecule has 26 heavy (non-hydrogen) atoms. The van der Waals surface area contributed by atoms with Crippen LogP contribution in [0.2, 0.25) is 0 Å². The summed E-state index contributed by atoms with van der Waals surface area (Å²) < 4.78 is 26.6. The molecule has 1 fully saturated rings. The summed E-state index contributed by atoms with van der Waals surface area (Å²) in [5.74, 6) is -0.576. The van der Waals surface area contributed by atoms with Crippen molar-refractivity contribution in [2.45, 2.75) is 6.42 Å². The number of pyridine rings is 1. The van der Waals surface area contributed by atoms with Crippen LogP contribution in [0.3, 0.4) is 0 Å². The number of aryl methyl sites for hydroxylation is 1. The molecule has 1 N–H and O–H groups in total. The predicted molar refractivity (Wildman–Crippen MR) is 98.9 cm³/mol. The van der Waals surface area contributed by atoms with Gasteiger partial charge in [-0.05, 0) is 24.1 Å². The fraction of sp³-hybridized carbons (Fsp3) is 0.333. The third-order valence-corrected chi connectivity index (χ3v) is 6.31. The molecule has 1 aliphatic heterocycles. The minimum Gasteiger partial charge on any atom is -0.478 e. The average Bonchev–Trinajstić information content (AvgIpc) is 2.67. The molecule has 1 aromatic heterocycles. The van der Waals surface area contributed by atoms with E-state index in [2.05, 4.69) is 4.98 Å². The monoisotopic (exact) mass is 375 g/mol. The second-order valence-electron chi connectivity index (χ2n) is 6.12. The molecular formula is C18H21N3O4S. The lowest BCUT2D eigenvalue weighted by Crippen LogP contribution is -2.50. The Hall–Kier alpha value is -2.45. The Labute approximate surface area is 152 Å². The first-order chi connectivity index (χ1) is 12.5. The van der Waals surface area contributed by atoms with Crippen molar-refractivity contribution in [1.82, 2.24) is 9.29 Å². The molecule has 1 saturated heterocycles. The number of anilines is 1. The van der Waals surface area contributed by atoms with Crippen LogP contribution in [0.5, 0.6) is 0 Å². The average molecular weight is 375 g/mol. The molecule has 0 amide bonds. The topological polar surface area (TPSA) is 90.8 Å². The van der Waals surface area contributed by atoms with Gasteiger partial charge < -0.3 is 10.0 Å². The maximum atomic E-state index is 12.6. The van der Waals surface area contributed by atoms with Gasteiger partial charge in [0.25, 0.3) is 0 Å². The molecule has 3 rings (SSSR count). The van der Waals surface area contributed by atoms with Crippen LogP contribution < -0.4 is 4.90 Å². The predicted octanol–water partition coefficient (Wildman–Crippen LogP) is 1.47. The van der Waals surface area contributed by atoms with Gasteiger partial charge >= 0.3 is 5.97 Å².